The molecule has 106 valence electrons. The topological polar surface area (TPSA) is 87.1 Å². The van der Waals surface area contributed by atoms with Crippen LogP contribution in [-0.4, -0.2) is 21.7 Å². The van der Waals surface area contributed by atoms with Crippen LogP contribution in [0.25, 0.3) is 11.6 Å². The minimum absolute atomic E-state index is 0.0911. The standard InChI is InChI=1S/C14H12N4O2S/c15-14-16-10(7-21-14)13-17-12(18-20-13)9-5-8-3-1-2-4-11(8)19-6-9/h1-4,7,9H,5-6H2,(H2,15,16). The summed E-state index contributed by atoms with van der Waals surface area (Å²) in [6, 6.07) is 8.01. The highest BCUT2D eigenvalue weighted by Gasteiger charge is 2.26. The molecular formula is C14H12N4O2S. The third-order valence-corrected chi connectivity index (χ3v) is 4.10. The summed E-state index contributed by atoms with van der Waals surface area (Å²) in [4.78, 5) is 8.57. The van der Waals surface area contributed by atoms with Gasteiger partial charge in [0.1, 0.15) is 11.4 Å². The lowest BCUT2D eigenvalue weighted by atomic mass is 9.96. The van der Waals surface area contributed by atoms with Gasteiger partial charge in [-0.05, 0) is 18.1 Å². The lowest BCUT2D eigenvalue weighted by Gasteiger charge is -2.22. The van der Waals surface area contributed by atoms with E-state index in [1.54, 1.807) is 5.38 Å². The minimum Gasteiger partial charge on any atom is -0.493 e. The highest BCUT2D eigenvalue weighted by Crippen LogP contribution is 2.32. The van der Waals surface area contributed by atoms with Crippen LogP contribution in [-0.2, 0) is 6.42 Å². The Labute approximate surface area is 124 Å². The van der Waals surface area contributed by atoms with Crippen molar-refractivity contribution in [3.05, 3.63) is 41.0 Å². The lowest BCUT2D eigenvalue weighted by Crippen LogP contribution is -2.20. The predicted octanol–water partition coefficient (Wildman–Crippen LogP) is 2.49. The molecule has 2 N–H and O–H groups in total. The first-order valence-corrected chi connectivity index (χ1v) is 7.43. The Hall–Kier alpha value is -2.41. The highest BCUT2D eigenvalue weighted by atomic mass is 32.1. The molecule has 1 atom stereocenters. The van der Waals surface area contributed by atoms with Gasteiger partial charge in [-0.1, -0.05) is 23.4 Å². The Kier molecular flexibility index (Phi) is 2.85. The first-order chi connectivity index (χ1) is 10.3. The zero-order valence-electron chi connectivity index (χ0n) is 11.0. The fraction of sp³-hybridized carbons (Fsp3) is 0.214. The first kappa shape index (κ1) is 12.3. The number of hydrogen-bond donors (Lipinski definition) is 1. The van der Waals surface area contributed by atoms with Crippen molar-refractivity contribution in [2.45, 2.75) is 12.3 Å². The van der Waals surface area contributed by atoms with E-state index in [9.17, 15) is 0 Å². The second kappa shape index (κ2) is 4.85. The Morgan fingerprint density at radius 3 is 3.00 bits per heavy atom. The summed E-state index contributed by atoms with van der Waals surface area (Å²) in [7, 11) is 0. The molecule has 0 radical (unpaired) electrons. The quantitative estimate of drug-likeness (QED) is 0.782. The van der Waals surface area contributed by atoms with E-state index in [4.69, 9.17) is 15.0 Å². The molecule has 1 aliphatic rings. The minimum atomic E-state index is 0.0911. The van der Waals surface area contributed by atoms with Gasteiger partial charge in [0.05, 0.1) is 12.5 Å². The van der Waals surface area contributed by atoms with Crippen molar-refractivity contribution in [1.82, 2.24) is 15.1 Å². The van der Waals surface area contributed by atoms with Gasteiger partial charge in [-0.25, -0.2) is 4.98 Å². The molecule has 21 heavy (non-hydrogen) atoms. The summed E-state index contributed by atoms with van der Waals surface area (Å²) >= 11 is 1.35. The number of aromatic nitrogens is 3. The molecule has 1 aliphatic heterocycles. The Morgan fingerprint density at radius 2 is 2.14 bits per heavy atom. The van der Waals surface area contributed by atoms with Crippen molar-refractivity contribution >= 4 is 16.5 Å². The van der Waals surface area contributed by atoms with E-state index in [-0.39, 0.29) is 5.92 Å². The van der Waals surface area contributed by atoms with Gasteiger partial charge >= 0.3 is 0 Å². The van der Waals surface area contributed by atoms with Crippen LogP contribution in [0.5, 0.6) is 5.75 Å². The number of hydrogen-bond acceptors (Lipinski definition) is 7. The summed E-state index contributed by atoms with van der Waals surface area (Å²) in [6.45, 7) is 0.551. The van der Waals surface area contributed by atoms with Crippen LogP contribution in [0.3, 0.4) is 0 Å². The number of rotatable bonds is 2. The molecule has 1 unspecified atom stereocenters. The zero-order chi connectivity index (χ0) is 14.2. The first-order valence-electron chi connectivity index (χ1n) is 6.55. The number of para-hydroxylation sites is 1. The van der Waals surface area contributed by atoms with Crippen LogP contribution in [0.2, 0.25) is 0 Å². The molecular weight excluding hydrogens is 288 g/mol. The molecule has 0 fully saturated rings. The number of nitrogens with zero attached hydrogens (tertiary/aromatic N) is 3. The van der Waals surface area contributed by atoms with E-state index in [0.717, 1.165) is 17.7 Å². The van der Waals surface area contributed by atoms with Crippen molar-refractivity contribution < 1.29 is 9.26 Å². The van der Waals surface area contributed by atoms with E-state index in [1.165, 1.54) is 11.3 Å². The number of benzene rings is 1. The van der Waals surface area contributed by atoms with Crippen LogP contribution in [0.15, 0.2) is 34.2 Å². The second-order valence-electron chi connectivity index (χ2n) is 4.85. The maximum Gasteiger partial charge on any atom is 0.277 e. The van der Waals surface area contributed by atoms with Crippen LogP contribution >= 0.6 is 11.3 Å². The van der Waals surface area contributed by atoms with Gasteiger partial charge < -0.3 is 15.0 Å². The zero-order valence-corrected chi connectivity index (χ0v) is 11.8. The number of nitrogens with two attached hydrogens (primary N) is 1. The molecule has 3 heterocycles. The molecule has 1 aromatic carbocycles. The molecule has 6 nitrogen and oxygen atoms in total. The summed E-state index contributed by atoms with van der Waals surface area (Å²) in [5.74, 6) is 2.07. The number of anilines is 1. The third kappa shape index (κ3) is 2.25. The summed E-state index contributed by atoms with van der Waals surface area (Å²) in [6.07, 6.45) is 0.842. The monoisotopic (exact) mass is 300 g/mol. The Balaban J connectivity index is 1.60. The van der Waals surface area contributed by atoms with Crippen molar-refractivity contribution in [2.75, 3.05) is 12.3 Å². The Bertz CT molecular complexity index is 783. The molecule has 4 rings (SSSR count). The molecule has 0 saturated carbocycles. The maximum atomic E-state index is 5.75. The molecule has 0 aliphatic carbocycles. The normalized spacial score (nSPS) is 17.2. The summed E-state index contributed by atoms with van der Waals surface area (Å²) in [5.41, 5.74) is 7.40. The van der Waals surface area contributed by atoms with Gasteiger partial charge in [-0.15, -0.1) is 11.3 Å². The van der Waals surface area contributed by atoms with E-state index < -0.39 is 0 Å². The van der Waals surface area contributed by atoms with E-state index in [1.807, 2.05) is 18.2 Å². The van der Waals surface area contributed by atoms with Crippen molar-refractivity contribution in [1.29, 1.82) is 0 Å². The molecule has 2 aromatic heterocycles. The SMILES string of the molecule is Nc1nc(-c2nc(C3COc4ccccc4C3)no2)cs1. The lowest BCUT2D eigenvalue weighted by molar-refractivity contribution is 0.254. The second-order valence-corrected chi connectivity index (χ2v) is 5.74. The van der Waals surface area contributed by atoms with Crippen LogP contribution in [0.1, 0.15) is 17.3 Å². The number of fused-ring (bicyclic) bond motifs is 1. The largest absolute Gasteiger partial charge is 0.493 e. The molecule has 0 bridgehead atoms. The summed E-state index contributed by atoms with van der Waals surface area (Å²) < 4.78 is 11.0. The average Bonchev–Trinajstić information content (AvgIpc) is 3.15. The fourth-order valence-corrected chi connectivity index (χ4v) is 2.92. The van der Waals surface area contributed by atoms with Gasteiger partial charge in [0.2, 0.25) is 0 Å². The van der Waals surface area contributed by atoms with Crippen molar-refractivity contribution in [2.24, 2.45) is 0 Å². The fourth-order valence-electron chi connectivity index (χ4n) is 2.38. The van der Waals surface area contributed by atoms with E-state index in [0.29, 0.717) is 29.1 Å². The highest BCUT2D eigenvalue weighted by molar-refractivity contribution is 7.13. The van der Waals surface area contributed by atoms with Crippen LogP contribution in [0, 0.1) is 0 Å². The van der Waals surface area contributed by atoms with E-state index >= 15 is 0 Å². The van der Waals surface area contributed by atoms with Crippen LogP contribution in [0.4, 0.5) is 5.13 Å². The summed E-state index contributed by atoms with van der Waals surface area (Å²) in [5, 5.41) is 6.35. The predicted molar refractivity (Wildman–Crippen MR) is 78.2 cm³/mol. The number of ether oxygens (including phenoxy) is 1. The van der Waals surface area contributed by atoms with Gasteiger partial charge in [-0.2, -0.15) is 4.98 Å². The van der Waals surface area contributed by atoms with Crippen LogP contribution < -0.4 is 10.5 Å². The Morgan fingerprint density at radius 1 is 1.24 bits per heavy atom. The smallest absolute Gasteiger partial charge is 0.277 e. The van der Waals surface area contributed by atoms with E-state index in [2.05, 4.69) is 21.2 Å². The van der Waals surface area contributed by atoms with Crippen molar-refractivity contribution in [3.8, 4) is 17.3 Å². The molecule has 7 heteroatoms. The third-order valence-electron chi connectivity index (χ3n) is 3.43. The van der Waals surface area contributed by atoms with Gasteiger partial charge in [0.25, 0.3) is 5.89 Å². The molecule has 0 spiro atoms. The number of thiazole rings is 1. The molecule has 3 aromatic rings. The van der Waals surface area contributed by atoms with Gasteiger partial charge in [0, 0.05) is 5.38 Å². The van der Waals surface area contributed by atoms with Crippen molar-refractivity contribution in [3.63, 3.8) is 0 Å². The molecule has 0 saturated heterocycles. The average molecular weight is 300 g/mol. The number of nitrogen functional groups attached to an aromatic ring is 1. The van der Waals surface area contributed by atoms with Gasteiger partial charge in [0.15, 0.2) is 11.0 Å². The maximum absolute atomic E-state index is 5.75. The molecule has 0 amide bonds. The van der Waals surface area contributed by atoms with Gasteiger partial charge in [-0.3, -0.25) is 0 Å².